The van der Waals surface area contributed by atoms with Gasteiger partial charge >= 0.3 is 11.7 Å². The lowest BCUT2D eigenvalue weighted by Crippen LogP contribution is -2.34. The highest BCUT2D eigenvalue weighted by Gasteiger charge is 2.28. The number of rotatable bonds is 6. The maximum absolute atomic E-state index is 12.5. The highest BCUT2D eigenvalue weighted by atomic mass is 32.1. The van der Waals surface area contributed by atoms with Crippen molar-refractivity contribution in [3.8, 4) is 5.75 Å². The van der Waals surface area contributed by atoms with Gasteiger partial charge in [0.05, 0.1) is 24.2 Å². The number of nitro benzene ring substituents is 1. The van der Waals surface area contributed by atoms with Crippen molar-refractivity contribution in [2.75, 3.05) is 19.0 Å². The molecule has 3 rings (SSSR count). The molecule has 0 saturated heterocycles. The Morgan fingerprint density at radius 3 is 2.77 bits per heavy atom. The van der Waals surface area contributed by atoms with E-state index in [2.05, 4.69) is 10.6 Å². The van der Waals surface area contributed by atoms with E-state index in [4.69, 9.17) is 21.7 Å². The molecule has 30 heavy (non-hydrogen) atoms. The molecule has 1 aromatic carbocycles. The Balaban J connectivity index is 1.77. The number of nitrogens with one attached hydrogen (secondary N) is 2. The van der Waals surface area contributed by atoms with Gasteiger partial charge in [0.15, 0.2) is 10.9 Å². The first-order valence-electron chi connectivity index (χ1n) is 9.12. The molecule has 1 amide bonds. The molecule has 1 aromatic heterocycles. The van der Waals surface area contributed by atoms with Crippen molar-refractivity contribution in [3.05, 3.63) is 49.9 Å². The van der Waals surface area contributed by atoms with Gasteiger partial charge < -0.3 is 14.8 Å². The van der Waals surface area contributed by atoms with Crippen LogP contribution in [0.2, 0.25) is 0 Å². The number of anilines is 1. The molecule has 1 heterocycles. The maximum Gasteiger partial charge on any atom is 0.341 e. The van der Waals surface area contributed by atoms with Gasteiger partial charge in [0.2, 0.25) is 0 Å². The van der Waals surface area contributed by atoms with Crippen LogP contribution in [0.3, 0.4) is 0 Å². The van der Waals surface area contributed by atoms with E-state index < -0.39 is 16.8 Å². The molecule has 0 fully saturated rings. The Morgan fingerprint density at radius 2 is 2.10 bits per heavy atom. The molecular weight excluding hydrogens is 430 g/mol. The largest absolute Gasteiger partial charge is 0.490 e. The van der Waals surface area contributed by atoms with E-state index in [0.717, 1.165) is 35.8 Å². The molecule has 9 nitrogen and oxygen atoms in total. The van der Waals surface area contributed by atoms with Crippen LogP contribution in [-0.4, -0.2) is 35.6 Å². The molecule has 0 saturated carbocycles. The topological polar surface area (TPSA) is 120 Å². The number of amides is 1. The number of hydrogen-bond acceptors (Lipinski definition) is 8. The summed E-state index contributed by atoms with van der Waals surface area (Å²) >= 11 is 6.62. The minimum Gasteiger partial charge on any atom is -0.490 e. The van der Waals surface area contributed by atoms with E-state index in [1.54, 1.807) is 6.92 Å². The third-order valence-electron chi connectivity index (χ3n) is 4.49. The lowest BCUT2D eigenvalue weighted by Gasteiger charge is -2.11. The van der Waals surface area contributed by atoms with Crippen LogP contribution < -0.4 is 15.4 Å². The zero-order valence-corrected chi connectivity index (χ0v) is 17.9. The van der Waals surface area contributed by atoms with E-state index in [9.17, 15) is 19.7 Å². The zero-order chi connectivity index (χ0) is 21.8. The Morgan fingerprint density at radius 1 is 1.33 bits per heavy atom. The number of aryl methyl sites for hydroxylation is 1. The molecule has 1 aliphatic carbocycles. The summed E-state index contributed by atoms with van der Waals surface area (Å²) < 4.78 is 10.1. The highest BCUT2D eigenvalue weighted by Crippen LogP contribution is 2.39. The second-order valence-electron chi connectivity index (χ2n) is 6.33. The molecule has 158 valence electrons. The fourth-order valence-electron chi connectivity index (χ4n) is 3.20. The third kappa shape index (κ3) is 4.41. The van der Waals surface area contributed by atoms with Crippen molar-refractivity contribution < 1.29 is 24.0 Å². The van der Waals surface area contributed by atoms with Gasteiger partial charge in [0.1, 0.15) is 5.00 Å². The number of carbonyl (C=O) groups is 2. The van der Waals surface area contributed by atoms with Crippen molar-refractivity contribution in [2.45, 2.75) is 26.2 Å². The van der Waals surface area contributed by atoms with E-state index in [-0.39, 0.29) is 28.7 Å². The Labute approximate surface area is 181 Å². The third-order valence-corrected chi connectivity index (χ3v) is 5.90. The maximum atomic E-state index is 12.5. The quantitative estimate of drug-likeness (QED) is 0.298. The normalized spacial score (nSPS) is 12.1. The minimum absolute atomic E-state index is 0.0241. The van der Waals surface area contributed by atoms with Crippen LogP contribution in [0.4, 0.5) is 10.7 Å². The first-order chi connectivity index (χ1) is 14.3. The number of nitrogens with zero attached hydrogens (tertiary/aromatic N) is 1. The monoisotopic (exact) mass is 449 g/mol. The summed E-state index contributed by atoms with van der Waals surface area (Å²) in [6.45, 7) is 1.98. The van der Waals surface area contributed by atoms with Crippen LogP contribution in [-0.2, 0) is 17.6 Å². The number of esters is 1. The summed E-state index contributed by atoms with van der Waals surface area (Å²) in [6, 6.07) is 3.85. The number of ether oxygens (including phenoxy) is 2. The molecule has 0 atom stereocenters. The molecule has 0 bridgehead atoms. The lowest BCUT2D eigenvalue weighted by atomic mass is 10.1. The molecule has 2 N–H and O–H groups in total. The molecule has 0 spiro atoms. The minimum atomic E-state index is -0.634. The Hall–Kier alpha value is -3.05. The van der Waals surface area contributed by atoms with Gasteiger partial charge in [-0.05, 0) is 56.1 Å². The molecule has 0 aliphatic heterocycles. The number of thiophene rings is 1. The van der Waals surface area contributed by atoms with E-state index >= 15 is 0 Å². The van der Waals surface area contributed by atoms with Crippen molar-refractivity contribution in [1.82, 2.24) is 5.32 Å². The number of hydrogen-bond donors (Lipinski definition) is 2. The SMILES string of the molecule is CCOC(=O)c1c(NC(=S)NC(=O)c2ccc(OC)c([N+](=O)[O-])c2)sc2c1CCC2. The van der Waals surface area contributed by atoms with Gasteiger partial charge in [-0.2, -0.15) is 0 Å². The number of thiocarbonyl (C=S) groups is 1. The number of benzene rings is 1. The molecule has 0 radical (unpaired) electrons. The van der Waals surface area contributed by atoms with Gasteiger partial charge in [0.25, 0.3) is 5.91 Å². The summed E-state index contributed by atoms with van der Waals surface area (Å²) in [4.78, 5) is 36.5. The van der Waals surface area contributed by atoms with Gasteiger partial charge in [-0.1, -0.05) is 0 Å². The van der Waals surface area contributed by atoms with Gasteiger partial charge in [-0.3, -0.25) is 20.2 Å². The Kier molecular flexibility index (Phi) is 6.63. The van der Waals surface area contributed by atoms with E-state index in [0.29, 0.717) is 10.6 Å². The van der Waals surface area contributed by atoms with Crippen LogP contribution >= 0.6 is 23.6 Å². The highest BCUT2D eigenvalue weighted by molar-refractivity contribution is 7.80. The standard InChI is InChI=1S/C19H19N3O6S2/c1-3-28-18(24)15-11-5-4-6-14(11)30-17(15)21-19(29)20-16(23)10-7-8-13(27-2)12(9-10)22(25)26/h7-9H,3-6H2,1-2H3,(H2,20,21,23,29). The number of nitro groups is 1. The van der Waals surface area contributed by atoms with Crippen molar-refractivity contribution >= 4 is 51.2 Å². The number of fused-ring (bicyclic) bond motifs is 1. The van der Waals surface area contributed by atoms with Crippen molar-refractivity contribution in [2.24, 2.45) is 0 Å². The van der Waals surface area contributed by atoms with Crippen LogP contribution in [0.15, 0.2) is 18.2 Å². The van der Waals surface area contributed by atoms with E-state index in [1.165, 1.54) is 30.6 Å². The smallest absolute Gasteiger partial charge is 0.341 e. The summed E-state index contributed by atoms with van der Waals surface area (Å²) in [6.07, 6.45) is 2.64. The first kappa shape index (κ1) is 21.7. The molecular formula is C19H19N3O6S2. The van der Waals surface area contributed by atoms with Gasteiger partial charge in [-0.25, -0.2) is 4.79 Å². The molecule has 0 unspecified atom stereocenters. The average Bonchev–Trinajstić information content (AvgIpc) is 3.27. The summed E-state index contributed by atoms with van der Waals surface area (Å²) in [5.41, 5.74) is 1.13. The van der Waals surface area contributed by atoms with Gasteiger partial charge in [-0.15, -0.1) is 11.3 Å². The second-order valence-corrected chi connectivity index (χ2v) is 7.85. The zero-order valence-electron chi connectivity index (χ0n) is 16.3. The fourth-order valence-corrected chi connectivity index (χ4v) is 4.74. The van der Waals surface area contributed by atoms with Crippen LogP contribution in [0.1, 0.15) is 44.5 Å². The number of carbonyl (C=O) groups excluding carboxylic acids is 2. The van der Waals surface area contributed by atoms with Crippen LogP contribution in [0, 0.1) is 10.1 Å². The molecule has 2 aromatic rings. The second kappa shape index (κ2) is 9.18. The number of methoxy groups -OCH3 is 1. The Bertz CT molecular complexity index is 1030. The summed E-state index contributed by atoms with van der Waals surface area (Å²) in [5.74, 6) is -1.01. The summed E-state index contributed by atoms with van der Waals surface area (Å²) in [7, 11) is 1.31. The van der Waals surface area contributed by atoms with Crippen LogP contribution in [0.25, 0.3) is 0 Å². The average molecular weight is 450 g/mol. The van der Waals surface area contributed by atoms with Crippen molar-refractivity contribution in [3.63, 3.8) is 0 Å². The van der Waals surface area contributed by atoms with Crippen molar-refractivity contribution in [1.29, 1.82) is 0 Å². The lowest BCUT2D eigenvalue weighted by molar-refractivity contribution is -0.385. The van der Waals surface area contributed by atoms with Gasteiger partial charge in [0, 0.05) is 16.5 Å². The fraction of sp³-hybridized carbons (Fsp3) is 0.316. The van der Waals surface area contributed by atoms with Crippen LogP contribution in [0.5, 0.6) is 5.75 Å². The molecule has 11 heteroatoms. The van der Waals surface area contributed by atoms with E-state index in [1.807, 2.05) is 0 Å². The molecule has 1 aliphatic rings. The first-order valence-corrected chi connectivity index (χ1v) is 10.3. The predicted molar refractivity (Wildman–Crippen MR) is 116 cm³/mol. The predicted octanol–water partition coefficient (Wildman–Crippen LogP) is 3.46. The summed E-state index contributed by atoms with van der Waals surface area (Å²) in [5, 5.41) is 17.0.